The van der Waals surface area contributed by atoms with Crippen LogP contribution in [0.25, 0.3) is 0 Å². The molecule has 1 amide bonds. The SMILES string of the molecule is COc1ccc(Br)cc1C(=O)Nc1ccc(Cl)cc1C(=O)[O-]. The van der Waals surface area contributed by atoms with E-state index in [1.165, 1.54) is 25.3 Å². The van der Waals surface area contributed by atoms with Gasteiger partial charge in [0, 0.05) is 15.1 Å². The number of methoxy groups -OCH3 is 1. The Morgan fingerprint density at radius 2 is 1.91 bits per heavy atom. The van der Waals surface area contributed by atoms with Crippen molar-refractivity contribution in [3.63, 3.8) is 0 Å². The predicted molar refractivity (Wildman–Crippen MR) is 84.4 cm³/mol. The van der Waals surface area contributed by atoms with Gasteiger partial charge < -0.3 is 20.0 Å². The number of carboxylic acids is 1. The maximum absolute atomic E-state index is 12.3. The molecule has 0 unspecified atom stereocenters. The Bertz CT molecular complexity index is 748. The Morgan fingerprint density at radius 1 is 1.18 bits per heavy atom. The molecule has 0 bridgehead atoms. The van der Waals surface area contributed by atoms with E-state index in [0.717, 1.165) is 0 Å². The van der Waals surface area contributed by atoms with E-state index >= 15 is 0 Å². The standard InChI is InChI=1S/C15H11BrClNO4/c1-22-13-5-2-8(16)6-11(13)14(19)18-12-4-3-9(17)7-10(12)15(20)21/h2-7H,1H3,(H,18,19)(H,20,21)/p-1. The van der Waals surface area contributed by atoms with Crippen LogP contribution in [0.1, 0.15) is 20.7 Å². The summed E-state index contributed by atoms with van der Waals surface area (Å²) in [4.78, 5) is 23.5. The lowest BCUT2D eigenvalue weighted by molar-refractivity contribution is -0.254. The van der Waals surface area contributed by atoms with Crippen molar-refractivity contribution in [2.24, 2.45) is 0 Å². The second-order valence-electron chi connectivity index (χ2n) is 4.28. The lowest BCUT2D eigenvalue weighted by Gasteiger charge is -2.14. The van der Waals surface area contributed by atoms with Crippen molar-refractivity contribution < 1.29 is 19.4 Å². The normalized spacial score (nSPS) is 10.1. The van der Waals surface area contributed by atoms with Crippen LogP contribution in [-0.4, -0.2) is 19.0 Å². The summed E-state index contributed by atoms with van der Waals surface area (Å²) in [5, 5.41) is 13.9. The third-order valence-electron chi connectivity index (χ3n) is 2.86. The van der Waals surface area contributed by atoms with Crippen LogP contribution in [0.2, 0.25) is 5.02 Å². The first-order valence-electron chi connectivity index (χ1n) is 6.08. The molecule has 7 heteroatoms. The fourth-order valence-corrected chi connectivity index (χ4v) is 2.37. The van der Waals surface area contributed by atoms with Gasteiger partial charge in [0.2, 0.25) is 0 Å². The number of anilines is 1. The number of halogens is 2. The molecule has 0 radical (unpaired) electrons. The highest BCUT2D eigenvalue weighted by Crippen LogP contribution is 2.26. The van der Waals surface area contributed by atoms with E-state index in [0.29, 0.717) is 10.2 Å². The van der Waals surface area contributed by atoms with E-state index in [4.69, 9.17) is 16.3 Å². The fraction of sp³-hybridized carbons (Fsp3) is 0.0667. The summed E-state index contributed by atoms with van der Waals surface area (Å²) in [5.74, 6) is -1.58. The van der Waals surface area contributed by atoms with Crippen LogP contribution in [0.5, 0.6) is 5.75 Å². The Hall–Kier alpha value is -2.05. The molecule has 2 rings (SSSR count). The van der Waals surface area contributed by atoms with Gasteiger partial charge in [-0.2, -0.15) is 0 Å². The predicted octanol–water partition coefficient (Wildman–Crippen LogP) is 2.73. The van der Waals surface area contributed by atoms with E-state index in [2.05, 4.69) is 21.2 Å². The van der Waals surface area contributed by atoms with Crippen molar-refractivity contribution in [2.45, 2.75) is 0 Å². The van der Waals surface area contributed by atoms with E-state index in [1.54, 1.807) is 18.2 Å². The van der Waals surface area contributed by atoms with Gasteiger partial charge >= 0.3 is 0 Å². The number of carbonyl (C=O) groups excluding carboxylic acids is 2. The molecule has 2 aromatic rings. The third kappa shape index (κ3) is 3.58. The maximum Gasteiger partial charge on any atom is 0.259 e. The van der Waals surface area contributed by atoms with Crippen molar-refractivity contribution in [3.8, 4) is 5.75 Å². The highest BCUT2D eigenvalue weighted by Gasteiger charge is 2.15. The van der Waals surface area contributed by atoms with Crippen molar-refractivity contribution >= 4 is 45.1 Å². The highest BCUT2D eigenvalue weighted by molar-refractivity contribution is 9.10. The number of amides is 1. The molecule has 0 atom stereocenters. The smallest absolute Gasteiger partial charge is 0.259 e. The van der Waals surface area contributed by atoms with Crippen LogP contribution < -0.4 is 15.2 Å². The Kier molecular flexibility index (Phi) is 5.05. The van der Waals surface area contributed by atoms with E-state index in [1.807, 2.05) is 0 Å². The summed E-state index contributed by atoms with van der Waals surface area (Å²) in [6.07, 6.45) is 0. The molecule has 0 aliphatic carbocycles. The highest BCUT2D eigenvalue weighted by atomic mass is 79.9. The van der Waals surface area contributed by atoms with Crippen LogP contribution in [0.3, 0.4) is 0 Å². The number of carboxylic acid groups (broad SMARTS) is 1. The van der Waals surface area contributed by atoms with Gasteiger partial charge in [-0.15, -0.1) is 0 Å². The molecular formula is C15H10BrClNO4-. The van der Waals surface area contributed by atoms with Gasteiger partial charge in [-0.25, -0.2) is 0 Å². The second kappa shape index (κ2) is 6.81. The number of aromatic carboxylic acids is 1. The first-order chi connectivity index (χ1) is 10.4. The zero-order valence-corrected chi connectivity index (χ0v) is 13.7. The average Bonchev–Trinajstić information content (AvgIpc) is 2.48. The molecule has 114 valence electrons. The topological polar surface area (TPSA) is 78.5 Å². The number of carbonyl (C=O) groups is 2. The van der Waals surface area contributed by atoms with Gasteiger partial charge in [0.1, 0.15) is 5.75 Å². The molecule has 0 aliphatic heterocycles. The fourth-order valence-electron chi connectivity index (χ4n) is 1.84. The molecule has 0 spiro atoms. The minimum atomic E-state index is -1.43. The molecule has 0 saturated carbocycles. The number of nitrogens with one attached hydrogen (secondary N) is 1. The molecule has 0 fully saturated rings. The lowest BCUT2D eigenvalue weighted by Crippen LogP contribution is -2.25. The molecule has 22 heavy (non-hydrogen) atoms. The summed E-state index contributed by atoms with van der Waals surface area (Å²) < 4.78 is 5.81. The van der Waals surface area contributed by atoms with Crippen LogP contribution in [0.4, 0.5) is 5.69 Å². The van der Waals surface area contributed by atoms with Crippen molar-refractivity contribution in [1.82, 2.24) is 0 Å². The molecule has 0 saturated heterocycles. The molecule has 0 aliphatic rings. The van der Waals surface area contributed by atoms with Crippen LogP contribution in [-0.2, 0) is 0 Å². The maximum atomic E-state index is 12.3. The van der Waals surface area contributed by atoms with Gasteiger partial charge in [0.25, 0.3) is 5.91 Å². The van der Waals surface area contributed by atoms with Gasteiger partial charge in [0.15, 0.2) is 0 Å². The molecule has 1 N–H and O–H groups in total. The monoisotopic (exact) mass is 382 g/mol. The molecule has 5 nitrogen and oxygen atoms in total. The van der Waals surface area contributed by atoms with E-state index in [9.17, 15) is 14.7 Å². The quantitative estimate of drug-likeness (QED) is 0.880. The number of ether oxygens (including phenoxy) is 1. The van der Waals surface area contributed by atoms with Crippen LogP contribution >= 0.6 is 27.5 Å². The van der Waals surface area contributed by atoms with E-state index in [-0.39, 0.29) is 21.8 Å². The van der Waals surface area contributed by atoms with Gasteiger partial charge in [-0.05, 0) is 36.4 Å². The molecular weight excluding hydrogens is 374 g/mol. The summed E-state index contributed by atoms with van der Waals surface area (Å²) >= 11 is 9.02. The number of hydrogen-bond donors (Lipinski definition) is 1. The van der Waals surface area contributed by atoms with Crippen LogP contribution in [0.15, 0.2) is 40.9 Å². The van der Waals surface area contributed by atoms with Crippen molar-refractivity contribution in [2.75, 3.05) is 12.4 Å². The number of hydrogen-bond acceptors (Lipinski definition) is 4. The third-order valence-corrected chi connectivity index (χ3v) is 3.58. The van der Waals surface area contributed by atoms with Crippen molar-refractivity contribution in [1.29, 1.82) is 0 Å². The summed E-state index contributed by atoms with van der Waals surface area (Å²) in [6.45, 7) is 0. The molecule has 0 aromatic heterocycles. The zero-order chi connectivity index (χ0) is 16.3. The molecule has 2 aromatic carbocycles. The Labute approximate surface area is 140 Å². The zero-order valence-electron chi connectivity index (χ0n) is 11.4. The van der Waals surface area contributed by atoms with Gasteiger partial charge in [0.05, 0.1) is 24.3 Å². The Balaban J connectivity index is 2.38. The molecule has 0 heterocycles. The largest absolute Gasteiger partial charge is 0.545 e. The van der Waals surface area contributed by atoms with Gasteiger partial charge in [-0.1, -0.05) is 27.5 Å². The summed E-state index contributed by atoms with van der Waals surface area (Å²) in [7, 11) is 1.44. The minimum absolute atomic E-state index is 0.0939. The second-order valence-corrected chi connectivity index (χ2v) is 5.63. The first kappa shape index (κ1) is 16.3. The van der Waals surface area contributed by atoms with E-state index < -0.39 is 11.9 Å². The number of benzene rings is 2. The summed E-state index contributed by atoms with van der Waals surface area (Å²) in [6, 6.07) is 9.01. The lowest BCUT2D eigenvalue weighted by atomic mass is 10.1. The first-order valence-corrected chi connectivity index (χ1v) is 7.25. The number of rotatable bonds is 4. The Morgan fingerprint density at radius 3 is 2.55 bits per heavy atom. The van der Waals surface area contributed by atoms with Gasteiger partial charge in [-0.3, -0.25) is 4.79 Å². The summed E-state index contributed by atoms with van der Waals surface area (Å²) in [5.41, 5.74) is 0.155. The minimum Gasteiger partial charge on any atom is -0.545 e. The average molecular weight is 384 g/mol. The van der Waals surface area contributed by atoms with Crippen molar-refractivity contribution in [3.05, 3.63) is 57.0 Å². The van der Waals surface area contributed by atoms with Crippen LogP contribution in [0, 0.1) is 0 Å².